The highest BCUT2D eigenvalue weighted by Crippen LogP contribution is 2.25. The van der Waals surface area contributed by atoms with E-state index in [-0.39, 0.29) is 12.5 Å². The molecule has 1 fully saturated rings. The normalized spacial score (nSPS) is 14.9. The van der Waals surface area contributed by atoms with E-state index in [0.29, 0.717) is 6.04 Å². The quantitative estimate of drug-likeness (QED) is 0.545. The van der Waals surface area contributed by atoms with Gasteiger partial charge in [0.25, 0.3) is 0 Å². The van der Waals surface area contributed by atoms with Crippen molar-refractivity contribution in [3.63, 3.8) is 0 Å². The van der Waals surface area contributed by atoms with Crippen LogP contribution in [0.2, 0.25) is 0 Å². The predicted molar refractivity (Wildman–Crippen MR) is 121 cm³/mol. The van der Waals surface area contributed by atoms with Gasteiger partial charge in [-0.05, 0) is 66.2 Å². The lowest BCUT2D eigenvalue weighted by molar-refractivity contribution is -0.114. The molecule has 27 heavy (non-hydrogen) atoms. The molecule has 0 radical (unpaired) electrons. The Morgan fingerprint density at radius 2 is 1.70 bits per heavy atom. The van der Waals surface area contributed by atoms with E-state index in [1.54, 1.807) is 0 Å². The molecule has 0 aliphatic heterocycles. The standard InChI is InChI=1S/C22H28IN3O/c1-26(18-10-3-2-4-11-18)16-17-9-5-7-13-20(17)24-15-22(27)25-21-14-8-6-12-19(21)23/h5-9,12-14,18,24H,2-4,10-11,15-16H2,1H3,(H,25,27). The van der Waals surface area contributed by atoms with Crippen LogP contribution in [-0.4, -0.2) is 30.4 Å². The van der Waals surface area contributed by atoms with Crippen LogP contribution in [0.4, 0.5) is 11.4 Å². The number of nitrogens with zero attached hydrogens (tertiary/aromatic N) is 1. The Hall–Kier alpha value is -1.60. The van der Waals surface area contributed by atoms with Crippen molar-refractivity contribution in [1.29, 1.82) is 0 Å². The molecular weight excluding hydrogens is 449 g/mol. The lowest BCUT2D eigenvalue weighted by Gasteiger charge is -2.31. The van der Waals surface area contributed by atoms with Gasteiger partial charge >= 0.3 is 0 Å². The Morgan fingerprint density at radius 3 is 2.44 bits per heavy atom. The van der Waals surface area contributed by atoms with Crippen LogP contribution >= 0.6 is 22.6 Å². The van der Waals surface area contributed by atoms with Crippen LogP contribution in [-0.2, 0) is 11.3 Å². The number of rotatable bonds is 7. The Kier molecular flexibility index (Phi) is 7.52. The van der Waals surface area contributed by atoms with Gasteiger partial charge in [-0.1, -0.05) is 49.6 Å². The smallest absolute Gasteiger partial charge is 0.243 e. The van der Waals surface area contributed by atoms with Gasteiger partial charge in [-0.25, -0.2) is 0 Å². The highest BCUT2D eigenvalue weighted by Gasteiger charge is 2.18. The number of halogens is 1. The van der Waals surface area contributed by atoms with Gasteiger partial charge < -0.3 is 10.6 Å². The van der Waals surface area contributed by atoms with Crippen molar-refractivity contribution in [1.82, 2.24) is 4.90 Å². The van der Waals surface area contributed by atoms with Crippen molar-refractivity contribution < 1.29 is 4.79 Å². The van der Waals surface area contributed by atoms with Crippen molar-refractivity contribution in [2.75, 3.05) is 24.2 Å². The topological polar surface area (TPSA) is 44.4 Å². The van der Waals surface area contributed by atoms with E-state index >= 15 is 0 Å². The number of anilines is 2. The van der Waals surface area contributed by atoms with Crippen LogP contribution in [0, 0.1) is 3.57 Å². The summed E-state index contributed by atoms with van der Waals surface area (Å²) in [4.78, 5) is 14.8. The molecule has 4 nitrogen and oxygen atoms in total. The molecule has 1 saturated carbocycles. The van der Waals surface area contributed by atoms with Crippen LogP contribution < -0.4 is 10.6 Å². The fourth-order valence-electron chi connectivity index (χ4n) is 3.68. The summed E-state index contributed by atoms with van der Waals surface area (Å²) in [5.41, 5.74) is 3.14. The summed E-state index contributed by atoms with van der Waals surface area (Å²) in [5, 5.41) is 6.29. The molecule has 0 unspecified atom stereocenters. The zero-order chi connectivity index (χ0) is 19.1. The predicted octanol–water partition coefficient (Wildman–Crippen LogP) is 5.11. The number of hydrogen-bond donors (Lipinski definition) is 2. The molecule has 144 valence electrons. The number of carbonyl (C=O) groups is 1. The van der Waals surface area contributed by atoms with Gasteiger partial charge in [0.1, 0.15) is 0 Å². The number of carbonyl (C=O) groups excluding carboxylic acids is 1. The molecule has 1 aliphatic carbocycles. The van der Waals surface area contributed by atoms with E-state index in [9.17, 15) is 4.79 Å². The molecule has 2 N–H and O–H groups in total. The molecule has 3 rings (SSSR count). The molecule has 0 bridgehead atoms. The summed E-state index contributed by atoms with van der Waals surface area (Å²) in [6.45, 7) is 1.17. The zero-order valence-electron chi connectivity index (χ0n) is 15.9. The number of amides is 1. The Labute approximate surface area is 175 Å². The minimum atomic E-state index is -0.0328. The largest absolute Gasteiger partial charge is 0.376 e. The lowest BCUT2D eigenvalue weighted by atomic mass is 9.94. The van der Waals surface area contributed by atoms with Gasteiger partial charge in [0.15, 0.2) is 0 Å². The van der Waals surface area contributed by atoms with E-state index in [4.69, 9.17) is 0 Å². The molecule has 0 saturated heterocycles. The van der Waals surface area contributed by atoms with Crippen molar-refractivity contribution in [2.45, 2.75) is 44.7 Å². The van der Waals surface area contributed by atoms with Gasteiger partial charge in [-0.3, -0.25) is 9.69 Å². The average Bonchev–Trinajstić information content (AvgIpc) is 2.70. The van der Waals surface area contributed by atoms with Gasteiger partial charge in [0.2, 0.25) is 5.91 Å². The van der Waals surface area contributed by atoms with E-state index in [1.807, 2.05) is 30.3 Å². The summed E-state index contributed by atoms with van der Waals surface area (Å²) >= 11 is 2.23. The van der Waals surface area contributed by atoms with Gasteiger partial charge in [-0.15, -0.1) is 0 Å². The first kappa shape index (κ1) is 20.1. The summed E-state index contributed by atoms with van der Waals surface area (Å²) < 4.78 is 1.04. The monoisotopic (exact) mass is 477 g/mol. The second-order valence-corrected chi connectivity index (χ2v) is 8.41. The van der Waals surface area contributed by atoms with Crippen LogP contribution in [0.25, 0.3) is 0 Å². The highest BCUT2D eigenvalue weighted by molar-refractivity contribution is 14.1. The van der Waals surface area contributed by atoms with Crippen LogP contribution in [0.1, 0.15) is 37.7 Å². The second-order valence-electron chi connectivity index (χ2n) is 7.25. The van der Waals surface area contributed by atoms with Crippen LogP contribution in [0.3, 0.4) is 0 Å². The zero-order valence-corrected chi connectivity index (χ0v) is 18.0. The summed E-state index contributed by atoms with van der Waals surface area (Å²) in [5.74, 6) is -0.0328. The van der Waals surface area contributed by atoms with Crippen molar-refractivity contribution in [2.24, 2.45) is 0 Å². The van der Waals surface area contributed by atoms with E-state index < -0.39 is 0 Å². The fraction of sp³-hybridized carbons (Fsp3) is 0.409. The third kappa shape index (κ3) is 5.94. The number of para-hydroxylation sites is 2. The van der Waals surface area contributed by atoms with Crippen LogP contribution in [0.5, 0.6) is 0 Å². The van der Waals surface area contributed by atoms with E-state index in [2.05, 4.69) is 63.4 Å². The maximum absolute atomic E-state index is 12.3. The molecule has 2 aromatic carbocycles. The molecule has 0 heterocycles. The first-order chi connectivity index (χ1) is 13.1. The summed E-state index contributed by atoms with van der Waals surface area (Å²) in [6, 6.07) is 16.8. The summed E-state index contributed by atoms with van der Waals surface area (Å²) in [6.07, 6.45) is 6.65. The van der Waals surface area contributed by atoms with E-state index in [0.717, 1.165) is 21.5 Å². The first-order valence-corrected chi connectivity index (χ1v) is 10.8. The fourth-order valence-corrected chi connectivity index (χ4v) is 4.20. The first-order valence-electron chi connectivity index (χ1n) is 9.70. The summed E-state index contributed by atoms with van der Waals surface area (Å²) in [7, 11) is 2.22. The van der Waals surface area contributed by atoms with Crippen molar-refractivity contribution in [3.8, 4) is 0 Å². The van der Waals surface area contributed by atoms with Crippen LogP contribution in [0.15, 0.2) is 48.5 Å². The van der Waals surface area contributed by atoms with Crippen molar-refractivity contribution in [3.05, 3.63) is 57.7 Å². The third-order valence-electron chi connectivity index (χ3n) is 5.22. The van der Waals surface area contributed by atoms with E-state index in [1.165, 1.54) is 37.7 Å². The van der Waals surface area contributed by atoms with Gasteiger partial charge in [0.05, 0.1) is 12.2 Å². The molecule has 0 aromatic heterocycles. The Morgan fingerprint density at radius 1 is 1.04 bits per heavy atom. The maximum Gasteiger partial charge on any atom is 0.243 e. The second kappa shape index (κ2) is 10.1. The number of benzene rings is 2. The lowest BCUT2D eigenvalue weighted by Crippen LogP contribution is -2.33. The molecule has 0 atom stereocenters. The minimum absolute atomic E-state index is 0.0328. The Balaban J connectivity index is 1.57. The molecule has 0 spiro atoms. The molecular formula is C22H28IN3O. The Bertz CT molecular complexity index is 759. The molecule has 2 aromatic rings. The molecule has 1 aliphatic rings. The average molecular weight is 477 g/mol. The SMILES string of the molecule is CN(Cc1ccccc1NCC(=O)Nc1ccccc1I)C1CCCCC1. The highest BCUT2D eigenvalue weighted by atomic mass is 127. The molecule has 5 heteroatoms. The molecule has 1 amide bonds. The minimum Gasteiger partial charge on any atom is -0.376 e. The number of nitrogens with one attached hydrogen (secondary N) is 2. The third-order valence-corrected chi connectivity index (χ3v) is 6.16. The maximum atomic E-state index is 12.3. The number of hydrogen-bond acceptors (Lipinski definition) is 3. The van der Waals surface area contributed by atoms with Gasteiger partial charge in [-0.2, -0.15) is 0 Å². The van der Waals surface area contributed by atoms with Gasteiger partial charge in [0, 0.05) is 21.8 Å². The van der Waals surface area contributed by atoms with Crippen molar-refractivity contribution >= 4 is 39.9 Å².